The molecule has 14 heavy (non-hydrogen) atoms. The van der Waals surface area contributed by atoms with Crippen LogP contribution < -0.4 is 5.32 Å². The molecule has 1 fully saturated rings. The molecule has 0 aliphatic heterocycles. The molecule has 2 nitrogen and oxygen atoms in total. The summed E-state index contributed by atoms with van der Waals surface area (Å²) in [7, 11) is 0. The van der Waals surface area contributed by atoms with Gasteiger partial charge in [-0.25, -0.2) is 0 Å². The van der Waals surface area contributed by atoms with Crippen LogP contribution in [0, 0.1) is 5.92 Å². The van der Waals surface area contributed by atoms with Crippen LogP contribution in [-0.2, 0) is 6.54 Å². The van der Waals surface area contributed by atoms with E-state index in [1.54, 1.807) is 11.3 Å². The van der Waals surface area contributed by atoms with Gasteiger partial charge in [-0.3, -0.25) is 4.98 Å². The van der Waals surface area contributed by atoms with Crippen LogP contribution in [-0.4, -0.2) is 16.9 Å². The second-order valence-electron chi connectivity index (χ2n) is 3.88. The molecule has 0 radical (unpaired) electrons. The lowest BCUT2D eigenvalue weighted by Gasteiger charge is -2.09. The van der Waals surface area contributed by atoms with E-state index in [1.807, 2.05) is 11.7 Å². The van der Waals surface area contributed by atoms with Crippen molar-refractivity contribution in [2.45, 2.75) is 31.2 Å². The van der Waals surface area contributed by atoms with Crippen molar-refractivity contribution < 1.29 is 0 Å². The van der Waals surface area contributed by atoms with Crippen LogP contribution in [0.3, 0.4) is 0 Å². The van der Waals surface area contributed by atoms with Crippen LogP contribution in [0.25, 0.3) is 0 Å². The number of thiazole rings is 1. The minimum absolute atomic E-state index is 0.421. The first-order chi connectivity index (χ1) is 6.84. The molecule has 2 rings (SSSR count). The van der Waals surface area contributed by atoms with Crippen molar-refractivity contribution in [3.8, 4) is 0 Å². The summed E-state index contributed by atoms with van der Waals surface area (Å²) in [5, 5.41) is 3.88. The predicted octanol–water partition coefficient (Wildman–Crippen LogP) is 2.64. The van der Waals surface area contributed by atoms with Gasteiger partial charge >= 0.3 is 0 Å². The van der Waals surface area contributed by atoms with Gasteiger partial charge in [0.25, 0.3) is 0 Å². The van der Waals surface area contributed by atoms with E-state index in [0.717, 1.165) is 19.0 Å². The van der Waals surface area contributed by atoms with Crippen LogP contribution >= 0.6 is 22.9 Å². The summed E-state index contributed by atoms with van der Waals surface area (Å²) in [5.74, 6) is 0.783. The molecule has 0 bridgehead atoms. The standard InChI is InChI=1S/C10H15ClN2S/c11-9-2-1-8(3-9)4-12-5-10-6-13-7-14-10/h6-9,12H,1-5H2. The number of alkyl halides is 1. The third kappa shape index (κ3) is 2.94. The topological polar surface area (TPSA) is 24.9 Å². The van der Waals surface area contributed by atoms with Crippen molar-refractivity contribution in [2.75, 3.05) is 6.54 Å². The number of nitrogens with zero attached hydrogens (tertiary/aromatic N) is 1. The van der Waals surface area contributed by atoms with E-state index < -0.39 is 0 Å². The number of hydrogen-bond acceptors (Lipinski definition) is 3. The largest absolute Gasteiger partial charge is 0.312 e. The van der Waals surface area contributed by atoms with Crippen LogP contribution in [0.5, 0.6) is 0 Å². The quantitative estimate of drug-likeness (QED) is 0.805. The van der Waals surface area contributed by atoms with Gasteiger partial charge in [-0.15, -0.1) is 22.9 Å². The number of hydrogen-bond donors (Lipinski definition) is 1. The molecule has 0 saturated heterocycles. The maximum atomic E-state index is 6.05. The number of aromatic nitrogens is 1. The molecule has 4 heteroatoms. The molecular formula is C10H15ClN2S. The van der Waals surface area contributed by atoms with E-state index in [0.29, 0.717) is 5.38 Å². The highest BCUT2D eigenvalue weighted by molar-refractivity contribution is 7.09. The van der Waals surface area contributed by atoms with Gasteiger partial charge in [0.05, 0.1) is 5.51 Å². The molecule has 1 heterocycles. The summed E-state index contributed by atoms with van der Waals surface area (Å²) in [4.78, 5) is 5.35. The van der Waals surface area contributed by atoms with E-state index >= 15 is 0 Å². The molecule has 1 aromatic rings. The third-order valence-electron chi connectivity index (χ3n) is 2.69. The Morgan fingerprint density at radius 3 is 3.14 bits per heavy atom. The zero-order chi connectivity index (χ0) is 9.80. The lowest BCUT2D eigenvalue weighted by molar-refractivity contribution is 0.491. The van der Waals surface area contributed by atoms with E-state index in [2.05, 4.69) is 10.3 Å². The highest BCUT2D eigenvalue weighted by Gasteiger charge is 2.22. The van der Waals surface area contributed by atoms with Gasteiger partial charge in [0.1, 0.15) is 0 Å². The van der Waals surface area contributed by atoms with Gasteiger partial charge in [-0.1, -0.05) is 0 Å². The van der Waals surface area contributed by atoms with E-state index in [1.165, 1.54) is 24.1 Å². The maximum absolute atomic E-state index is 6.05. The molecule has 0 spiro atoms. The van der Waals surface area contributed by atoms with Crippen molar-refractivity contribution in [3.63, 3.8) is 0 Å². The molecule has 2 atom stereocenters. The highest BCUT2D eigenvalue weighted by atomic mass is 35.5. The Morgan fingerprint density at radius 1 is 1.57 bits per heavy atom. The number of rotatable bonds is 4. The fourth-order valence-electron chi connectivity index (χ4n) is 1.93. The van der Waals surface area contributed by atoms with Gasteiger partial charge in [-0.2, -0.15) is 0 Å². The Balaban J connectivity index is 1.64. The lowest BCUT2D eigenvalue weighted by Crippen LogP contribution is -2.20. The van der Waals surface area contributed by atoms with Gasteiger partial charge in [0.15, 0.2) is 0 Å². The van der Waals surface area contributed by atoms with Crippen molar-refractivity contribution in [1.29, 1.82) is 0 Å². The zero-order valence-corrected chi connectivity index (χ0v) is 9.65. The first-order valence-electron chi connectivity index (χ1n) is 5.07. The summed E-state index contributed by atoms with van der Waals surface area (Å²) in [6.07, 6.45) is 5.58. The predicted molar refractivity (Wildman–Crippen MR) is 60.8 cm³/mol. The molecule has 1 saturated carbocycles. The van der Waals surface area contributed by atoms with Gasteiger partial charge in [0, 0.05) is 23.0 Å². The van der Waals surface area contributed by atoms with Crippen molar-refractivity contribution >= 4 is 22.9 Å². The van der Waals surface area contributed by atoms with Gasteiger partial charge in [0.2, 0.25) is 0 Å². The van der Waals surface area contributed by atoms with Crippen LogP contribution in [0.4, 0.5) is 0 Å². The van der Waals surface area contributed by atoms with Crippen molar-refractivity contribution in [1.82, 2.24) is 10.3 Å². The molecule has 2 unspecified atom stereocenters. The molecule has 1 aliphatic carbocycles. The maximum Gasteiger partial charge on any atom is 0.0794 e. The minimum Gasteiger partial charge on any atom is -0.312 e. The molecule has 0 aromatic carbocycles. The Kier molecular flexibility index (Phi) is 3.79. The molecule has 1 aromatic heterocycles. The van der Waals surface area contributed by atoms with E-state index in [9.17, 15) is 0 Å². The smallest absolute Gasteiger partial charge is 0.0794 e. The first kappa shape index (κ1) is 10.4. The summed E-state index contributed by atoms with van der Waals surface area (Å²) >= 11 is 7.76. The van der Waals surface area contributed by atoms with Gasteiger partial charge < -0.3 is 5.32 Å². The SMILES string of the molecule is ClC1CCC(CNCc2cncs2)C1. The Bertz CT molecular complexity index is 263. The molecular weight excluding hydrogens is 216 g/mol. The Hall–Kier alpha value is -0.120. The zero-order valence-electron chi connectivity index (χ0n) is 8.08. The summed E-state index contributed by atoms with van der Waals surface area (Å²) in [6.45, 7) is 2.05. The number of nitrogens with one attached hydrogen (secondary N) is 1. The third-order valence-corrected chi connectivity index (χ3v) is 3.87. The highest BCUT2D eigenvalue weighted by Crippen LogP contribution is 2.28. The monoisotopic (exact) mass is 230 g/mol. The summed E-state index contributed by atoms with van der Waals surface area (Å²) in [5.41, 5.74) is 1.88. The Labute approximate surface area is 93.7 Å². The van der Waals surface area contributed by atoms with Crippen molar-refractivity contribution in [2.24, 2.45) is 5.92 Å². The second kappa shape index (κ2) is 5.10. The van der Waals surface area contributed by atoms with Gasteiger partial charge in [-0.05, 0) is 31.7 Å². The first-order valence-corrected chi connectivity index (χ1v) is 6.38. The second-order valence-corrected chi connectivity index (χ2v) is 5.46. The van der Waals surface area contributed by atoms with Crippen LogP contribution in [0.1, 0.15) is 24.1 Å². The van der Waals surface area contributed by atoms with Crippen molar-refractivity contribution in [3.05, 3.63) is 16.6 Å². The fraction of sp³-hybridized carbons (Fsp3) is 0.700. The normalized spacial score (nSPS) is 26.9. The Morgan fingerprint density at radius 2 is 2.50 bits per heavy atom. The molecule has 1 aliphatic rings. The summed E-state index contributed by atoms with van der Waals surface area (Å²) in [6, 6.07) is 0. The number of halogens is 1. The van der Waals surface area contributed by atoms with Crippen LogP contribution in [0.2, 0.25) is 0 Å². The molecule has 1 N–H and O–H groups in total. The fourth-order valence-corrected chi connectivity index (χ4v) is 2.87. The average Bonchev–Trinajstić information content (AvgIpc) is 2.77. The molecule has 78 valence electrons. The van der Waals surface area contributed by atoms with E-state index in [-0.39, 0.29) is 0 Å². The summed E-state index contributed by atoms with van der Waals surface area (Å²) < 4.78 is 0. The average molecular weight is 231 g/mol. The minimum atomic E-state index is 0.421. The molecule has 0 amide bonds. The van der Waals surface area contributed by atoms with E-state index in [4.69, 9.17) is 11.6 Å². The lowest BCUT2D eigenvalue weighted by atomic mass is 10.1. The van der Waals surface area contributed by atoms with Crippen LogP contribution in [0.15, 0.2) is 11.7 Å².